The number of hydrogen-bond donors (Lipinski definition) is 0. The molecule has 0 spiro atoms. The number of carbonyl (C=O) groups excluding carboxylic acids is 2. The van der Waals surface area contributed by atoms with Crippen LogP contribution in [0.1, 0.15) is 31.8 Å². The molecule has 0 atom stereocenters. The number of anilines is 1. The highest BCUT2D eigenvalue weighted by Crippen LogP contribution is 2.32. The number of hydrogen-bond acceptors (Lipinski definition) is 6. The summed E-state index contributed by atoms with van der Waals surface area (Å²) in [5, 5.41) is 0.996. The van der Waals surface area contributed by atoms with Crippen molar-refractivity contribution in [3.63, 3.8) is 0 Å². The van der Waals surface area contributed by atoms with Gasteiger partial charge in [-0.2, -0.15) is 0 Å². The van der Waals surface area contributed by atoms with Gasteiger partial charge in [-0.15, -0.1) is 0 Å². The Bertz CT molecular complexity index is 1080. The summed E-state index contributed by atoms with van der Waals surface area (Å²) < 4.78 is 6.01. The first kappa shape index (κ1) is 19.4. The largest absolute Gasteiger partial charge is 0.465 e. The molecule has 1 saturated heterocycles. The molecule has 0 radical (unpaired) electrons. The lowest BCUT2D eigenvalue weighted by atomic mass is 10.1. The van der Waals surface area contributed by atoms with Crippen LogP contribution >= 0.6 is 11.3 Å². The van der Waals surface area contributed by atoms with Crippen molar-refractivity contribution in [2.45, 2.75) is 13.8 Å². The number of amides is 1. The standard InChI is InChI=1S/C22H23N3O3S/c1-14-12-15(2)19-18(13-14)29-22(23-19)25-10-8-24(9-11-25)20(26)16-6-4-5-7-17(16)21(27)28-3/h4-7,12-13H,8-11H2,1-3H3. The zero-order valence-electron chi connectivity index (χ0n) is 16.8. The van der Waals surface area contributed by atoms with Crippen molar-refractivity contribution in [2.24, 2.45) is 0 Å². The number of aryl methyl sites for hydroxylation is 2. The van der Waals surface area contributed by atoms with Gasteiger partial charge in [-0.3, -0.25) is 4.79 Å². The monoisotopic (exact) mass is 409 g/mol. The molecule has 4 rings (SSSR count). The number of carbonyl (C=O) groups is 2. The predicted octanol–water partition coefficient (Wildman–Crippen LogP) is 3.66. The Balaban J connectivity index is 1.50. The van der Waals surface area contributed by atoms with Crippen LogP contribution in [-0.2, 0) is 4.74 Å². The Morgan fingerprint density at radius 1 is 1.03 bits per heavy atom. The van der Waals surface area contributed by atoms with Gasteiger partial charge in [0.2, 0.25) is 0 Å². The molecule has 0 bridgehead atoms. The molecule has 0 saturated carbocycles. The number of esters is 1. The Hall–Kier alpha value is -2.93. The molecule has 3 aromatic rings. The number of benzene rings is 2. The lowest BCUT2D eigenvalue weighted by Gasteiger charge is -2.34. The Morgan fingerprint density at radius 2 is 1.72 bits per heavy atom. The summed E-state index contributed by atoms with van der Waals surface area (Å²) in [5.74, 6) is -0.630. The minimum Gasteiger partial charge on any atom is -0.465 e. The van der Waals surface area contributed by atoms with E-state index in [0.717, 1.165) is 10.6 Å². The lowest BCUT2D eigenvalue weighted by Crippen LogP contribution is -2.49. The van der Waals surface area contributed by atoms with E-state index < -0.39 is 5.97 Å². The molecule has 2 heterocycles. The van der Waals surface area contributed by atoms with Crippen LogP contribution < -0.4 is 4.90 Å². The fraction of sp³-hybridized carbons (Fsp3) is 0.318. The molecule has 1 aromatic heterocycles. The van der Waals surface area contributed by atoms with E-state index in [0.29, 0.717) is 37.3 Å². The van der Waals surface area contributed by atoms with Gasteiger partial charge in [-0.1, -0.05) is 29.5 Å². The summed E-state index contributed by atoms with van der Waals surface area (Å²) in [6.45, 7) is 6.79. The van der Waals surface area contributed by atoms with Crippen molar-refractivity contribution in [1.29, 1.82) is 0 Å². The highest BCUT2D eigenvalue weighted by Gasteiger charge is 2.26. The number of fused-ring (bicyclic) bond motifs is 1. The van der Waals surface area contributed by atoms with E-state index in [2.05, 4.69) is 30.9 Å². The third kappa shape index (κ3) is 3.70. The number of piperazine rings is 1. The molecule has 1 amide bonds. The molecule has 6 nitrogen and oxygen atoms in total. The van der Waals surface area contributed by atoms with Crippen LogP contribution in [0.2, 0.25) is 0 Å². The minimum absolute atomic E-state index is 0.138. The lowest BCUT2D eigenvalue weighted by molar-refractivity contribution is 0.0589. The van der Waals surface area contributed by atoms with Crippen molar-refractivity contribution in [3.8, 4) is 0 Å². The second kappa shape index (κ2) is 7.83. The SMILES string of the molecule is COC(=O)c1ccccc1C(=O)N1CCN(c2nc3c(C)cc(C)cc3s2)CC1. The summed E-state index contributed by atoms with van der Waals surface area (Å²) in [6, 6.07) is 11.1. The van der Waals surface area contributed by atoms with Crippen LogP contribution in [0.4, 0.5) is 5.13 Å². The number of aromatic nitrogens is 1. The highest BCUT2D eigenvalue weighted by molar-refractivity contribution is 7.22. The van der Waals surface area contributed by atoms with Gasteiger partial charge in [0, 0.05) is 26.2 Å². The first-order valence-electron chi connectivity index (χ1n) is 9.57. The molecule has 0 aliphatic carbocycles. The minimum atomic E-state index is -0.493. The van der Waals surface area contributed by atoms with E-state index in [1.807, 2.05) is 0 Å². The maximum atomic E-state index is 13.0. The molecule has 150 valence electrons. The second-order valence-electron chi connectivity index (χ2n) is 7.24. The fourth-order valence-corrected chi connectivity index (χ4v) is 4.92. The van der Waals surface area contributed by atoms with Gasteiger partial charge in [0.25, 0.3) is 5.91 Å². The number of rotatable bonds is 3. The van der Waals surface area contributed by atoms with E-state index in [9.17, 15) is 9.59 Å². The molecule has 0 unspecified atom stereocenters. The maximum absolute atomic E-state index is 13.0. The van der Waals surface area contributed by atoms with Crippen molar-refractivity contribution in [3.05, 3.63) is 58.7 Å². The molecule has 1 aliphatic heterocycles. The third-order valence-corrected chi connectivity index (χ3v) is 6.28. The molecular weight excluding hydrogens is 386 g/mol. The molecular formula is C22H23N3O3S. The van der Waals surface area contributed by atoms with Gasteiger partial charge in [-0.05, 0) is 43.2 Å². The number of nitrogens with zero attached hydrogens (tertiary/aromatic N) is 3. The maximum Gasteiger partial charge on any atom is 0.338 e. The second-order valence-corrected chi connectivity index (χ2v) is 8.25. The molecule has 0 N–H and O–H groups in total. The number of ether oxygens (including phenoxy) is 1. The topological polar surface area (TPSA) is 62.7 Å². The zero-order valence-corrected chi connectivity index (χ0v) is 17.6. The first-order chi connectivity index (χ1) is 14.0. The van der Waals surface area contributed by atoms with Crippen LogP contribution in [-0.4, -0.2) is 55.0 Å². The van der Waals surface area contributed by atoms with Crippen LogP contribution in [0.25, 0.3) is 10.2 Å². The normalized spacial score (nSPS) is 14.3. The quantitative estimate of drug-likeness (QED) is 0.618. The summed E-state index contributed by atoms with van der Waals surface area (Å²) in [6.07, 6.45) is 0. The van der Waals surface area contributed by atoms with Crippen molar-refractivity contribution in [1.82, 2.24) is 9.88 Å². The van der Waals surface area contributed by atoms with E-state index >= 15 is 0 Å². The molecule has 2 aromatic carbocycles. The van der Waals surface area contributed by atoms with E-state index in [1.165, 1.54) is 22.9 Å². The average molecular weight is 410 g/mol. The molecule has 1 fully saturated rings. The number of methoxy groups -OCH3 is 1. The number of thiazole rings is 1. The van der Waals surface area contributed by atoms with Crippen LogP contribution in [0.3, 0.4) is 0 Å². The average Bonchev–Trinajstić information content (AvgIpc) is 3.17. The van der Waals surface area contributed by atoms with Gasteiger partial charge < -0.3 is 14.5 Å². The first-order valence-corrected chi connectivity index (χ1v) is 10.4. The van der Waals surface area contributed by atoms with Gasteiger partial charge >= 0.3 is 5.97 Å². The van der Waals surface area contributed by atoms with E-state index in [1.54, 1.807) is 40.5 Å². The van der Waals surface area contributed by atoms with Crippen LogP contribution in [0.15, 0.2) is 36.4 Å². The van der Waals surface area contributed by atoms with Crippen molar-refractivity contribution < 1.29 is 14.3 Å². The Morgan fingerprint density at radius 3 is 2.41 bits per heavy atom. The van der Waals surface area contributed by atoms with Gasteiger partial charge in [0.05, 0.1) is 28.5 Å². The van der Waals surface area contributed by atoms with Gasteiger partial charge in [0.1, 0.15) is 0 Å². The summed E-state index contributed by atoms with van der Waals surface area (Å²) in [5.41, 5.74) is 4.18. The molecule has 29 heavy (non-hydrogen) atoms. The van der Waals surface area contributed by atoms with Crippen LogP contribution in [0.5, 0.6) is 0 Å². The highest BCUT2D eigenvalue weighted by atomic mass is 32.1. The molecule has 1 aliphatic rings. The van der Waals surface area contributed by atoms with Crippen LogP contribution in [0, 0.1) is 13.8 Å². The van der Waals surface area contributed by atoms with E-state index in [-0.39, 0.29) is 5.91 Å². The summed E-state index contributed by atoms with van der Waals surface area (Å²) in [7, 11) is 1.32. The smallest absolute Gasteiger partial charge is 0.338 e. The Kier molecular flexibility index (Phi) is 5.24. The van der Waals surface area contributed by atoms with Crippen molar-refractivity contribution >= 4 is 38.6 Å². The Labute approximate surface area is 173 Å². The van der Waals surface area contributed by atoms with E-state index in [4.69, 9.17) is 9.72 Å². The zero-order chi connectivity index (χ0) is 20.5. The van der Waals surface area contributed by atoms with Gasteiger partial charge in [0.15, 0.2) is 5.13 Å². The third-order valence-electron chi connectivity index (χ3n) is 5.22. The van der Waals surface area contributed by atoms with Gasteiger partial charge in [-0.25, -0.2) is 9.78 Å². The fourth-order valence-electron chi connectivity index (χ4n) is 3.72. The summed E-state index contributed by atoms with van der Waals surface area (Å²) in [4.78, 5) is 33.8. The van der Waals surface area contributed by atoms with Crippen molar-refractivity contribution in [2.75, 3.05) is 38.2 Å². The predicted molar refractivity (Wildman–Crippen MR) is 115 cm³/mol. The molecule has 7 heteroatoms. The summed E-state index contributed by atoms with van der Waals surface area (Å²) >= 11 is 1.70.